The van der Waals surface area contributed by atoms with Gasteiger partial charge in [-0.2, -0.15) is 0 Å². The summed E-state index contributed by atoms with van der Waals surface area (Å²) in [7, 11) is 1.54. The van der Waals surface area contributed by atoms with Gasteiger partial charge in [0.2, 0.25) is 0 Å². The van der Waals surface area contributed by atoms with E-state index in [0.717, 1.165) is 10.0 Å². The number of aliphatic hydroxyl groups excluding tert-OH is 1. The highest BCUT2D eigenvalue weighted by atomic mass is 79.9. The van der Waals surface area contributed by atoms with E-state index >= 15 is 0 Å². The molecule has 1 unspecified atom stereocenters. The van der Waals surface area contributed by atoms with Gasteiger partial charge in [0, 0.05) is 22.3 Å². The molecule has 0 fully saturated rings. The van der Waals surface area contributed by atoms with Gasteiger partial charge in [-0.05, 0) is 42.0 Å². The highest BCUT2D eigenvalue weighted by molar-refractivity contribution is 9.10. The minimum absolute atomic E-state index is 0.000708. The molecule has 0 aliphatic carbocycles. The predicted octanol–water partition coefficient (Wildman–Crippen LogP) is 3.57. The molecule has 0 aliphatic heterocycles. The fourth-order valence-corrected chi connectivity index (χ4v) is 4.78. The Morgan fingerprint density at radius 1 is 1.24 bits per heavy atom. The maximum Gasteiger partial charge on any atom is 0.329 e. The minimum atomic E-state index is -0.931. The van der Waals surface area contributed by atoms with Crippen LogP contribution in [0.5, 0.6) is 5.75 Å². The summed E-state index contributed by atoms with van der Waals surface area (Å²) in [5.74, 6) is 1.16. The number of thioether (sulfide) groups is 1. The Balaban J connectivity index is 1.61. The summed E-state index contributed by atoms with van der Waals surface area (Å²) in [6.45, 7) is 0.0624. The third-order valence-corrected chi connectivity index (χ3v) is 6.67. The van der Waals surface area contributed by atoms with E-state index < -0.39 is 17.4 Å². The molecule has 0 amide bonds. The number of aliphatic hydroxyl groups is 1. The van der Waals surface area contributed by atoms with Gasteiger partial charge >= 0.3 is 5.69 Å². The molecule has 0 radical (unpaired) electrons. The Morgan fingerprint density at radius 3 is 2.73 bits per heavy atom. The van der Waals surface area contributed by atoms with Crippen LogP contribution < -0.4 is 16.0 Å². The quantitative estimate of drug-likeness (QED) is 0.325. The van der Waals surface area contributed by atoms with E-state index in [1.165, 1.54) is 16.3 Å². The standard InChI is InChI=1S/C22H20BrClN4O4S/c1-27-19-18(20(30)26-21(27)31)28(10-16(29)11-32-17-7-5-15(24)6-8-17)22(25-19)33-12-13-3-2-4-14(23)9-13/h2-9,16,29H,10-12H2,1H3,(H,26,30,31). The Morgan fingerprint density at radius 2 is 2.00 bits per heavy atom. The van der Waals surface area contributed by atoms with Crippen LogP contribution in [0, 0.1) is 0 Å². The lowest BCUT2D eigenvalue weighted by Crippen LogP contribution is -2.30. The lowest BCUT2D eigenvalue weighted by atomic mass is 10.2. The van der Waals surface area contributed by atoms with Crippen LogP contribution in [0.25, 0.3) is 11.2 Å². The minimum Gasteiger partial charge on any atom is -0.491 e. The van der Waals surface area contributed by atoms with Crippen molar-refractivity contribution >= 4 is 50.5 Å². The van der Waals surface area contributed by atoms with Gasteiger partial charge in [-0.25, -0.2) is 9.78 Å². The molecular formula is C22H20BrClN4O4S. The van der Waals surface area contributed by atoms with Gasteiger partial charge in [-0.1, -0.05) is 51.4 Å². The number of aromatic amines is 1. The SMILES string of the molecule is Cn1c(=O)[nH]c(=O)c2c1nc(SCc1cccc(Br)c1)n2CC(O)COc1ccc(Cl)cc1. The molecule has 2 N–H and O–H groups in total. The zero-order chi connectivity index (χ0) is 23.5. The van der Waals surface area contributed by atoms with E-state index in [-0.39, 0.29) is 24.3 Å². The molecule has 0 aliphatic rings. The van der Waals surface area contributed by atoms with Crippen molar-refractivity contribution in [2.75, 3.05) is 6.61 Å². The van der Waals surface area contributed by atoms with Crippen molar-refractivity contribution in [2.24, 2.45) is 7.05 Å². The Labute approximate surface area is 206 Å². The first-order chi connectivity index (χ1) is 15.8. The summed E-state index contributed by atoms with van der Waals surface area (Å²) in [6, 6.07) is 14.7. The molecule has 11 heteroatoms. The average Bonchev–Trinajstić information content (AvgIpc) is 3.14. The number of benzene rings is 2. The monoisotopic (exact) mass is 550 g/mol. The summed E-state index contributed by atoms with van der Waals surface area (Å²) in [5, 5.41) is 11.8. The highest BCUT2D eigenvalue weighted by Crippen LogP contribution is 2.26. The largest absolute Gasteiger partial charge is 0.491 e. The molecule has 0 spiro atoms. The molecule has 8 nitrogen and oxygen atoms in total. The van der Waals surface area contributed by atoms with Crippen molar-refractivity contribution < 1.29 is 9.84 Å². The molecule has 4 aromatic rings. The van der Waals surface area contributed by atoms with Gasteiger partial charge in [-0.3, -0.25) is 14.3 Å². The summed E-state index contributed by atoms with van der Waals surface area (Å²) in [4.78, 5) is 31.5. The summed E-state index contributed by atoms with van der Waals surface area (Å²) >= 11 is 10.8. The van der Waals surface area contributed by atoms with Crippen LogP contribution in [0.4, 0.5) is 0 Å². The molecule has 0 saturated carbocycles. The van der Waals surface area contributed by atoms with Gasteiger partial charge in [0.1, 0.15) is 18.5 Å². The molecule has 2 heterocycles. The number of fused-ring (bicyclic) bond motifs is 1. The van der Waals surface area contributed by atoms with E-state index in [0.29, 0.717) is 21.7 Å². The van der Waals surface area contributed by atoms with E-state index in [2.05, 4.69) is 25.9 Å². The molecule has 33 heavy (non-hydrogen) atoms. The average molecular weight is 552 g/mol. The number of rotatable bonds is 8. The van der Waals surface area contributed by atoms with Gasteiger partial charge < -0.3 is 14.4 Å². The van der Waals surface area contributed by atoms with E-state index in [1.807, 2.05) is 24.3 Å². The van der Waals surface area contributed by atoms with Crippen LogP contribution in [-0.4, -0.2) is 36.9 Å². The van der Waals surface area contributed by atoms with E-state index in [4.69, 9.17) is 16.3 Å². The second-order valence-electron chi connectivity index (χ2n) is 7.33. The van der Waals surface area contributed by atoms with E-state index in [1.54, 1.807) is 35.9 Å². The fraction of sp³-hybridized carbons (Fsp3) is 0.227. The van der Waals surface area contributed by atoms with Crippen LogP contribution in [0.2, 0.25) is 5.02 Å². The normalized spacial score (nSPS) is 12.2. The molecule has 2 aromatic heterocycles. The van der Waals surface area contributed by atoms with E-state index in [9.17, 15) is 14.7 Å². The summed E-state index contributed by atoms with van der Waals surface area (Å²) in [5.41, 5.74) is 0.432. The van der Waals surface area contributed by atoms with Gasteiger partial charge in [0.15, 0.2) is 16.3 Å². The van der Waals surface area contributed by atoms with Crippen LogP contribution in [0.3, 0.4) is 0 Å². The maximum atomic E-state index is 12.6. The third kappa shape index (κ3) is 5.52. The number of hydrogen-bond donors (Lipinski definition) is 2. The highest BCUT2D eigenvalue weighted by Gasteiger charge is 2.20. The Hall–Kier alpha value is -2.53. The molecule has 4 rings (SSSR count). The first kappa shape index (κ1) is 23.6. The Kier molecular flexibility index (Phi) is 7.28. The lowest BCUT2D eigenvalue weighted by Gasteiger charge is -2.15. The number of aryl methyl sites for hydroxylation is 1. The molecule has 172 valence electrons. The van der Waals surface area contributed by atoms with Gasteiger partial charge in [-0.15, -0.1) is 0 Å². The molecule has 0 bridgehead atoms. The number of imidazole rings is 1. The molecule has 2 aromatic carbocycles. The van der Waals surface area contributed by atoms with Crippen LogP contribution in [0.1, 0.15) is 5.56 Å². The first-order valence-corrected chi connectivity index (χ1v) is 12.1. The van der Waals surface area contributed by atoms with Crippen molar-refractivity contribution in [3.8, 4) is 5.75 Å². The Bertz CT molecular complexity index is 1400. The maximum absolute atomic E-state index is 12.6. The number of aromatic nitrogens is 4. The lowest BCUT2D eigenvalue weighted by molar-refractivity contribution is 0.0914. The molecule has 1 atom stereocenters. The smallest absolute Gasteiger partial charge is 0.329 e. The first-order valence-electron chi connectivity index (χ1n) is 9.95. The number of nitrogens with one attached hydrogen (secondary N) is 1. The topological polar surface area (TPSA) is 102 Å². The van der Waals surface area contributed by atoms with Crippen LogP contribution in [0.15, 0.2) is 67.7 Å². The van der Waals surface area contributed by atoms with Crippen LogP contribution in [-0.2, 0) is 19.3 Å². The summed E-state index contributed by atoms with van der Waals surface area (Å²) < 4.78 is 9.52. The molecule has 0 saturated heterocycles. The number of ether oxygens (including phenoxy) is 1. The van der Waals surface area contributed by atoms with Gasteiger partial charge in [0.25, 0.3) is 5.56 Å². The van der Waals surface area contributed by atoms with Crippen molar-refractivity contribution in [1.29, 1.82) is 0 Å². The third-order valence-electron chi connectivity index (χ3n) is 4.88. The van der Waals surface area contributed by atoms with Crippen molar-refractivity contribution in [1.82, 2.24) is 19.1 Å². The van der Waals surface area contributed by atoms with Crippen LogP contribution >= 0.6 is 39.3 Å². The van der Waals surface area contributed by atoms with Gasteiger partial charge in [0.05, 0.1) is 6.54 Å². The second kappa shape index (κ2) is 10.2. The summed E-state index contributed by atoms with van der Waals surface area (Å²) in [6.07, 6.45) is -0.931. The number of H-pyrrole nitrogens is 1. The molecular weight excluding hydrogens is 532 g/mol. The second-order valence-corrected chi connectivity index (χ2v) is 9.63. The number of hydrogen-bond acceptors (Lipinski definition) is 6. The van der Waals surface area contributed by atoms with Crippen molar-refractivity contribution in [2.45, 2.75) is 23.6 Å². The number of halogens is 2. The van der Waals surface area contributed by atoms with Crippen molar-refractivity contribution in [3.63, 3.8) is 0 Å². The zero-order valence-electron chi connectivity index (χ0n) is 17.5. The predicted molar refractivity (Wildman–Crippen MR) is 132 cm³/mol. The number of nitrogens with zero attached hydrogens (tertiary/aromatic N) is 3. The fourth-order valence-electron chi connectivity index (χ4n) is 3.26. The zero-order valence-corrected chi connectivity index (χ0v) is 20.7. The van der Waals surface area contributed by atoms with Crippen molar-refractivity contribution in [3.05, 3.63) is 84.4 Å².